The van der Waals surface area contributed by atoms with Crippen molar-refractivity contribution in [3.8, 4) is 17.6 Å². The summed E-state index contributed by atoms with van der Waals surface area (Å²) in [6, 6.07) is 1.46. The van der Waals surface area contributed by atoms with E-state index in [-0.39, 0.29) is 5.56 Å². The normalized spacial score (nSPS) is 20.1. The second-order valence-electron chi connectivity index (χ2n) is 7.22. The van der Waals surface area contributed by atoms with Gasteiger partial charge in [0.05, 0.1) is 0 Å². The van der Waals surface area contributed by atoms with Gasteiger partial charge in [-0.25, -0.2) is 8.78 Å². The van der Waals surface area contributed by atoms with E-state index in [0.29, 0.717) is 5.92 Å². The Kier molecular flexibility index (Phi) is 8.35. The first kappa shape index (κ1) is 22.3. The molecule has 0 spiro atoms. The number of rotatable bonds is 6. The molecular weight excluding hydrogens is 375 g/mol. The van der Waals surface area contributed by atoms with Crippen molar-refractivity contribution in [3.63, 3.8) is 0 Å². The molecule has 154 valence electrons. The molecule has 0 heterocycles. The van der Waals surface area contributed by atoms with E-state index in [1.807, 2.05) is 6.08 Å². The maximum atomic E-state index is 13.6. The fourth-order valence-corrected chi connectivity index (χ4v) is 3.51. The Hall–Kier alpha value is -2.03. The maximum absolute atomic E-state index is 13.6. The van der Waals surface area contributed by atoms with Crippen molar-refractivity contribution >= 4 is 0 Å². The highest BCUT2D eigenvalue weighted by Crippen LogP contribution is 2.32. The van der Waals surface area contributed by atoms with E-state index in [9.17, 15) is 22.0 Å². The molecule has 6 heteroatoms. The van der Waals surface area contributed by atoms with Crippen molar-refractivity contribution < 1.29 is 26.7 Å². The summed E-state index contributed by atoms with van der Waals surface area (Å²) in [6.45, 7) is 2.20. The molecule has 1 aliphatic rings. The highest BCUT2D eigenvalue weighted by molar-refractivity contribution is 5.42. The van der Waals surface area contributed by atoms with Crippen molar-refractivity contribution in [1.29, 1.82) is 0 Å². The summed E-state index contributed by atoms with van der Waals surface area (Å²) < 4.78 is 67.0. The van der Waals surface area contributed by atoms with Gasteiger partial charge in [0, 0.05) is 5.56 Å². The fourth-order valence-electron chi connectivity index (χ4n) is 3.51. The zero-order chi connectivity index (χ0) is 20.6. The molecule has 1 fully saturated rings. The van der Waals surface area contributed by atoms with Crippen LogP contribution in [0.4, 0.5) is 22.0 Å². The van der Waals surface area contributed by atoms with Gasteiger partial charge in [0.2, 0.25) is 5.75 Å². The third kappa shape index (κ3) is 7.53. The van der Waals surface area contributed by atoms with Gasteiger partial charge < -0.3 is 4.74 Å². The highest BCUT2D eigenvalue weighted by Gasteiger charge is 2.34. The average Bonchev–Trinajstić information content (AvgIpc) is 2.62. The van der Waals surface area contributed by atoms with Gasteiger partial charge >= 0.3 is 6.36 Å². The molecule has 0 unspecified atom stereocenters. The van der Waals surface area contributed by atoms with Gasteiger partial charge in [-0.3, -0.25) is 0 Å². The molecule has 28 heavy (non-hydrogen) atoms. The van der Waals surface area contributed by atoms with E-state index in [1.54, 1.807) is 6.08 Å². The Balaban J connectivity index is 1.87. The second-order valence-corrected chi connectivity index (χ2v) is 7.22. The summed E-state index contributed by atoms with van der Waals surface area (Å²) in [6.07, 6.45) is 8.27. The van der Waals surface area contributed by atoms with Crippen LogP contribution in [0.25, 0.3) is 0 Å². The van der Waals surface area contributed by atoms with Crippen LogP contribution in [0.1, 0.15) is 63.9 Å². The molecule has 1 nitrogen and oxygen atoms in total. The third-order valence-corrected chi connectivity index (χ3v) is 4.99. The van der Waals surface area contributed by atoms with Gasteiger partial charge in [0.1, 0.15) is 0 Å². The van der Waals surface area contributed by atoms with Gasteiger partial charge in [-0.05, 0) is 55.7 Å². The van der Waals surface area contributed by atoms with Crippen molar-refractivity contribution in [2.45, 2.75) is 64.7 Å². The summed E-state index contributed by atoms with van der Waals surface area (Å²) >= 11 is 0. The lowest BCUT2D eigenvalue weighted by molar-refractivity contribution is -0.276. The zero-order valence-electron chi connectivity index (χ0n) is 15.9. The van der Waals surface area contributed by atoms with Crippen LogP contribution in [0.2, 0.25) is 0 Å². The van der Waals surface area contributed by atoms with Crippen LogP contribution < -0.4 is 4.74 Å². The Morgan fingerprint density at radius 2 is 1.71 bits per heavy atom. The minimum Gasteiger partial charge on any atom is -0.399 e. The Labute approximate surface area is 163 Å². The first-order valence-corrected chi connectivity index (χ1v) is 9.71. The van der Waals surface area contributed by atoms with E-state index in [1.165, 1.54) is 38.5 Å². The largest absolute Gasteiger partial charge is 0.573 e. The SMILES string of the molecule is CCCCCC1CCC(/C=C/C#Cc2cc(F)c(OC(F)(F)F)c(F)c2)CC1. The number of benzene rings is 1. The first-order chi connectivity index (χ1) is 13.3. The molecule has 0 saturated heterocycles. The fraction of sp³-hybridized carbons (Fsp3) is 0.545. The van der Waals surface area contributed by atoms with Crippen molar-refractivity contribution in [2.75, 3.05) is 0 Å². The van der Waals surface area contributed by atoms with Crippen LogP contribution in [0, 0.1) is 35.3 Å². The molecule has 1 aromatic rings. The molecule has 0 atom stereocenters. The molecule has 0 radical (unpaired) electrons. The third-order valence-electron chi connectivity index (χ3n) is 4.99. The van der Waals surface area contributed by atoms with E-state index in [2.05, 4.69) is 23.5 Å². The number of allylic oxidation sites excluding steroid dienone is 2. The van der Waals surface area contributed by atoms with Crippen LogP contribution in [0.5, 0.6) is 5.75 Å². The predicted octanol–water partition coefficient (Wildman–Crippen LogP) is 7.16. The first-order valence-electron chi connectivity index (χ1n) is 9.71. The highest BCUT2D eigenvalue weighted by atomic mass is 19.4. The lowest BCUT2D eigenvalue weighted by Crippen LogP contribution is -2.19. The topological polar surface area (TPSA) is 9.23 Å². The maximum Gasteiger partial charge on any atom is 0.573 e. The van der Waals surface area contributed by atoms with E-state index < -0.39 is 23.7 Å². The molecule has 1 aliphatic carbocycles. The summed E-state index contributed by atoms with van der Waals surface area (Å²) in [7, 11) is 0. The quantitative estimate of drug-likeness (QED) is 0.280. The van der Waals surface area contributed by atoms with Crippen LogP contribution >= 0.6 is 0 Å². The van der Waals surface area contributed by atoms with E-state index >= 15 is 0 Å². The summed E-state index contributed by atoms with van der Waals surface area (Å²) in [4.78, 5) is 0. The molecule has 0 aliphatic heterocycles. The lowest BCUT2D eigenvalue weighted by atomic mass is 9.79. The van der Waals surface area contributed by atoms with Crippen LogP contribution in [-0.4, -0.2) is 6.36 Å². The minimum atomic E-state index is -5.16. The number of hydrogen-bond acceptors (Lipinski definition) is 1. The summed E-state index contributed by atoms with van der Waals surface area (Å²) in [5.41, 5.74) is -0.0474. The van der Waals surface area contributed by atoms with Crippen LogP contribution in [0.3, 0.4) is 0 Å². The van der Waals surface area contributed by atoms with Crippen LogP contribution in [0.15, 0.2) is 24.3 Å². The Morgan fingerprint density at radius 3 is 2.29 bits per heavy atom. The van der Waals surface area contributed by atoms with E-state index in [0.717, 1.165) is 30.9 Å². The van der Waals surface area contributed by atoms with Gasteiger partial charge in [-0.15, -0.1) is 13.2 Å². The van der Waals surface area contributed by atoms with Gasteiger partial charge in [0.15, 0.2) is 11.6 Å². The minimum absolute atomic E-state index is 0.0474. The molecule has 0 aromatic heterocycles. The molecular formula is C22H25F5O. The molecule has 1 aromatic carbocycles. The average molecular weight is 400 g/mol. The zero-order valence-corrected chi connectivity index (χ0v) is 15.9. The van der Waals surface area contributed by atoms with Gasteiger partial charge in [-0.1, -0.05) is 50.5 Å². The summed E-state index contributed by atoms with van der Waals surface area (Å²) in [5, 5.41) is 0. The predicted molar refractivity (Wildman–Crippen MR) is 98.6 cm³/mol. The van der Waals surface area contributed by atoms with Gasteiger partial charge in [0.25, 0.3) is 0 Å². The standard InChI is InChI=1S/C22H25F5O/c1-2-3-4-7-16-10-12-17(13-11-16)8-5-6-9-18-14-19(23)21(20(24)15-18)28-22(25,26)27/h5,8,14-17H,2-4,7,10-13H2,1H3/b8-5+. The number of hydrogen-bond donors (Lipinski definition) is 0. The van der Waals surface area contributed by atoms with Crippen molar-refractivity contribution in [1.82, 2.24) is 0 Å². The van der Waals surface area contributed by atoms with Crippen molar-refractivity contribution in [2.24, 2.45) is 11.8 Å². The number of halogens is 5. The molecule has 0 amide bonds. The molecule has 1 saturated carbocycles. The van der Waals surface area contributed by atoms with E-state index in [4.69, 9.17) is 0 Å². The number of alkyl halides is 3. The second kappa shape index (κ2) is 10.5. The van der Waals surface area contributed by atoms with Crippen molar-refractivity contribution in [3.05, 3.63) is 41.5 Å². The number of unbranched alkanes of at least 4 members (excludes halogenated alkanes) is 2. The summed E-state index contributed by atoms with van der Waals surface area (Å²) in [5.74, 6) is 2.16. The molecule has 0 N–H and O–H groups in total. The lowest BCUT2D eigenvalue weighted by Gasteiger charge is -2.26. The molecule has 2 rings (SSSR count). The molecule has 0 bridgehead atoms. The Morgan fingerprint density at radius 1 is 1.07 bits per heavy atom. The smallest absolute Gasteiger partial charge is 0.399 e. The van der Waals surface area contributed by atoms with Gasteiger partial charge in [-0.2, -0.15) is 0 Å². The Bertz CT molecular complexity index is 696. The van der Waals surface area contributed by atoms with Crippen LogP contribution in [-0.2, 0) is 0 Å². The monoisotopic (exact) mass is 400 g/mol. The number of ether oxygens (including phenoxy) is 1.